The molecule has 1 atom stereocenters. The molecule has 0 bridgehead atoms. The van der Waals surface area contributed by atoms with E-state index in [1.54, 1.807) is 0 Å². The van der Waals surface area contributed by atoms with Crippen molar-refractivity contribution in [3.05, 3.63) is 70.8 Å². The van der Waals surface area contributed by atoms with Crippen LogP contribution < -0.4 is 5.32 Å². The Morgan fingerprint density at radius 1 is 1.08 bits per heavy atom. The number of amides is 3. The fourth-order valence-corrected chi connectivity index (χ4v) is 3.46. The van der Waals surface area contributed by atoms with Crippen molar-refractivity contribution in [3.8, 4) is 0 Å². The first-order valence-electron chi connectivity index (χ1n) is 8.55. The van der Waals surface area contributed by atoms with E-state index in [1.807, 2.05) is 42.5 Å². The lowest BCUT2D eigenvalue weighted by atomic mass is 9.95. The number of nitrogens with zero attached hydrogens (tertiary/aromatic N) is 1. The van der Waals surface area contributed by atoms with Crippen LogP contribution in [0.4, 0.5) is 4.79 Å². The quantitative estimate of drug-likeness (QED) is 0.937. The third-order valence-corrected chi connectivity index (χ3v) is 4.85. The highest BCUT2D eigenvalue weighted by Crippen LogP contribution is 2.24. The van der Waals surface area contributed by atoms with Crippen LogP contribution in [-0.4, -0.2) is 30.0 Å². The van der Waals surface area contributed by atoms with Crippen molar-refractivity contribution in [2.24, 2.45) is 0 Å². The van der Waals surface area contributed by atoms with E-state index in [4.69, 9.17) is 4.74 Å². The molecule has 2 aliphatic rings. The molecule has 1 saturated heterocycles. The van der Waals surface area contributed by atoms with Crippen molar-refractivity contribution in [1.82, 2.24) is 10.2 Å². The van der Waals surface area contributed by atoms with Crippen LogP contribution in [-0.2, 0) is 29.1 Å². The molecule has 0 spiro atoms. The number of rotatable bonds is 3. The molecule has 2 heterocycles. The summed E-state index contributed by atoms with van der Waals surface area (Å²) in [5, 5.41) is 2.84. The number of hydrogen-bond acceptors (Lipinski definition) is 3. The molecule has 2 aliphatic heterocycles. The van der Waals surface area contributed by atoms with Gasteiger partial charge in [0.2, 0.25) is 5.91 Å². The Labute approximate surface area is 146 Å². The van der Waals surface area contributed by atoms with Crippen molar-refractivity contribution >= 4 is 11.9 Å². The van der Waals surface area contributed by atoms with E-state index < -0.39 is 0 Å². The monoisotopic (exact) mass is 336 g/mol. The van der Waals surface area contributed by atoms with E-state index in [1.165, 1.54) is 10.5 Å². The number of imide groups is 1. The summed E-state index contributed by atoms with van der Waals surface area (Å²) in [6, 6.07) is 15.4. The highest BCUT2D eigenvalue weighted by Gasteiger charge is 2.35. The van der Waals surface area contributed by atoms with Gasteiger partial charge in [-0.3, -0.25) is 9.69 Å². The minimum atomic E-state index is -0.333. The summed E-state index contributed by atoms with van der Waals surface area (Å²) in [6.45, 7) is 1.96. The Balaban J connectivity index is 1.56. The highest BCUT2D eigenvalue weighted by molar-refractivity contribution is 6.00. The van der Waals surface area contributed by atoms with Gasteiger partial charge in [0.15, 0.2) is 0 Å². The minimum absolute atomic E-state index is 0.149. The second kappa shape index (κ2) is 6.69. The molecule has 0 aliphatic carbocycles. The molecule has 1 unspecified atom stereocenters. The molecular formula is C20H20N2O3. The van der Waals surface area contributed by atoms with Crippen LogP contribution in [0.15, 0.2) is 48.5 Å². The zero-order valence-corrected chi connectivity index (χ0v) is 13.9. The van der Waals surface area contributed by atoms with Crippen molar-refractivity contribution in [2.45, 2.75) is 25.5 Å². The first kappa shape index (κ1) is 15.8. The largest absolute Gasteiger partial charge is 0.376 e. The van der Waals surface area contributed by atoms with Gasteiger partial charge in [-0.1, -0.05) is 48.5 Å². The SMILES string of the molecule is O=C1NCC(c2ccccc2)C(=O)N1Cc1ccc2c(c1)COCC2. The van der Waals surface area contributed by atoms with Crippen LogP contribution in [0.25, 0.3) is 0 Å². The number of fused-ring (bicyclic) bond motifs is 1. The lowest BCUT2D eigenvalue weighted by molar-refractivity contribution is -0.131. The summed E-state index contributed by atoms with van der Waals surface area (Å²) in [7, 11) is 0. The molecule has 0 aromatic heterocycles. The lowest BCUT2D eigenvalue weighted by Crippen LogP contribution is -2.53. The summed E-state index contributed by atoms with van der Waals surface area (Å²) in [5.74, 6) is -0.483. The van der Waals surface area contributed by atoms with E-state index in [-0.39, 0.29) is 24.4 Å². The number of carbonyl (C=O) groups excluding carboxylic acids is 2. The Kier molecular flexibility index (Phi) is 4.24. The number of urea groups is 1. The summed E-state index contributed by atoms with van der Waals surface area (Å²) in [4.78, 5) is 26.4. The molecule has 5 nitrogen and oxygen atoms in total. The van der Waals surface area contributed by atoms with Crippen LogP contribution in [0.1, 0.15) is 28.2 Å². The van der Waals surface area contributed by atoms with Crippen LogP contribution in [0.2, 0.25) is 0 Å². The predicted molar refractivity (Wildman–Crippen MR) is 92.9 cm³/mol. The molecule has 0 saturated carbocycles. The van der Waals surface area contributed by atoms with Gasteiger partial charge in [-0.2, -0.15) is 0 Å². The average Bonchev–Trinajstić information content (AvgIpc) is 2.66. The maximum absolute atomic E-state index is 12.9. The van der Waals surface area contributed by atoms with Crippen molar-refractivity contribution < 1.29 is 14.3 Å². The molecule has 2 aromatic carbocycles. The minimum Gasteiger partial charge on any atom is -0.376 e. The maximum atomic E-state index is 12.9. The number of carbonyl (C=O) groups is 2. The summed E-state index contributed by atoms with van der Waals surface area (Å²) < 4.78 is 5.50. The van der Waals surface area contributed by atoms with E-state index in [2.05, 4.69) is 11.4 Å². The number of nitrogens with one attached hydrogen (secondary N) is 1. The summed E-state index contributed by atoms with van der Waals surface area (Å²) in [6.07, 6.45) is 0.912. The van der Waals surface area contributed by atoms with Crippen molar-refractivity contribution in [1.29, 1.82) is 0 Å². The molecule has 0 radical (unpaired) electrons. The first-order valence-corrected chi connectivity index (χ1v) is 8.55. The Hall–Kier alpha value is -2.66. The summed E-state index contributed by atoms with van der Waals surface area (Å²) in [5.41, 5.74) is 4.30. The molecule has 3 amide bonds. The molecule has 5 heteroatoms. The Morgan fingerprint density at radius 2 is 1.92 bits per heavy atom. The zero-order valence-electron chi connectivity index (χ0n) is 13.9. The van der Waals surface area contributed by atoms with E-state index >= 15 is 0 Å². The normalized spacial score (nSPS) is 20.2. The molecule has 128 valence electrons. The van der Waals surface area contributed by atoms with Gasteiger partial charge in [-0.25, -0.2) is 4.79 Å². The zero-order chi connectivity index (χ0) is 17.2. The maximum Gasteiger partial charge on any atom is 0.324 e. The topological polar surface area (TPSA) is 58.6 Å². The molecule has 1 fully saturated rings. The smallest absolute Gasteiger partial charge is 0.324 e. The molecule has 4 rings (SSSR count). The van der Waals surface area contributed by atoms with Gasteiger partial charge in [-0.05, 0) is 28.7 Å². The van der Waals surface area contributed by atoms with Crippen LogP contribution in [0, 0.1) is 0 Å². The predicted octanol–water partition coefficient (Wildman–Crippen LogP) is 2.59. The number of benzene rings is 2. The van der Waals surface area contributed by atoms with E-state index in [0.717, 1.165) is 29.7 Å². The van der Waals surface area contributed by atoms with Gasteiger partial charge in [0.25, 0.3) is 0 Å². The Morgan fingerprint density at radius 3 is 2.76 bits per heavy atom. The highest BCUT2D eigenvalue weighted by atomic mass is 16.5. The second-order valence-corrected chi connectivity index (χ2v) is 6.48. The van der Waals surface area contributed by atoms with Crippen molar-refractivity contribution in [3.63, 3.8) is 0 Å². The summed E-state index contributed by atoms with van der Waals surface area (Å²) >= 11 is 0. The number of hydrogen-bond donors (Lipinski definition) is 1. The lowest BCUT2D eigenvalue weighted by Gasteiger charge is -2.32. The molecule has 25 heavy (non-hydrogen) atoms. The standard InChI is InChI=1S/C20H20N2O3/c23-19-18(16-4-2-1-3-5-16)11-21-20(24)22(19)12-14-6-7-15-8-9-25-13-17(15)10-14/h1-7,10,18H,8-9,11-13H2,(H,21,24). The first-order chi connectivity index (χ1) is 12.2. The fourth-order valence-electron chi connectivity index (χ4n) is 3.46. The van der Waals surface area contributed by atoms with E-state index in [9.17, 15) is 9.59 Å². The molecule has 1 N–H and O–H groups in total. The van der Waals surface area contributed by atoms with Crippen LogP contribution in [0.5, 0.6) is 0 Å². The van der Waals surface area contributed by atoms with E-state index in [0.29, 0.717) is 13.2 Å². The second-order valence-electron chi connectivity index (χ2n) is 6.48. The Bertz CT molecular complexity index is 804. The van der Waals surface area contributed by atoms with Gasteiger partial charge in [0.1, 0.15) is 0 Å². The van der Waals surface area contributed by atoms with Gasteiger partial charge in [0.05, 0.1) is 25.7 Å². The molecular weight excluding hydrogens is 316 g/mol. The molecule has 2 aromatic rings. The van der Waals surface area contributed by atoms with Gasteiger partial charge < -0.3 is 10.1 Å². The van der Waals surface area contributed by atoms with Crippen LogP contribution in [0.3, 0.4) is 0 Å². The fraction of sp³-hybridized carbons (Fsp3) is 0.300. The van der Waals surface area contributed by atoms with Gasteiger partial charge in [-0.15, -0.1) is 0 Å². The van der Waals surface area contributed by atoms with Crippen molar-refractivity contribution in [2.75, 3.05) is 13.2 Å². The van der Waals surface area contributed by atoms with Gasteiger partial charge >= 0.3 is 6.03 Å². The van der Waals surface area contributed by atoms with Gasteiger partial charge in [0, 0.05) is 6.54 Å². The third-order valence-electron chi connectivity index (χ3n) is 4.85. The van der Waals surface area contributed by atoms with Crippen LogP contribution >= 0.6 is 0 Å². The average molecular weight is 336 g/mol. The third kappa shape index (κ3) is 3.15. The number of ether oxygens (including phenoxy) is 1.